The summed E-state index contributed by atoms with van der Waals surface area (Å²) in [5, 5.41) is -0.0515. The first-order valence-electron chi connectivity index (χ1n) is 7.04. The molecule has 2 aromatic rings. The maximum absolute atomic E-state index is 14.3. The summed E-state index contributed by atoms with van der Waals surface area (Å²) in [5.41, 5.74) is -0.0319. The molecule has 1 aliphatic rings. The van der Waals surface area contributed by atoms with E-state index in [0.29, 0.717) is 12.8 Å². The van der Waals surface area contributed by atoms with Crippen molar-refractivity contribution in [1.82, 2.24) is 19.5 Å². The summed E-state index contributed by atoms with van der Waals surface area (Å²) in [7, 11) is 0. The van der Waals surface area contributed by atoms with Crippen LogP contribution in [0.15, 0.2) is 12.7 Å². The largest absolute Gasteiger partial charge is 0.356 e. The molecule has 0 aliphatic carbocycles. The van der Waals surface area contributed by atoms with Gasteiger partial charge in [-0.3, -0.25) is 4.57 Å². The van der Waals surface area contributed by atoms with Crippen LogP contribution in [0.5, 0.6) is 0 Å². The summed E-state index contributed by atoms with van der Waals surface area (Å²) >= 11 is 5.80. The lowest BCUT2D eigenvalue weighted by atomic mass is 10.0. The van der Waals surface area contributed by atoms with Gasteiger partial charge < -0.3 is 4.74 Å². The second kappa shape index (κ2) is 5.55. The van der Waals surface area contributed by atoms with Crippen LogP contribution in [0.3, 0.4) is 0 Å². The second-order valence-electron chi connectivity index (χ2n) is 5.35. The number of imidazole rings is 1. The number of rotatable bonds is 4. The fourth-order valence-electron chi connectivity index (χ4n) is 2.58. The van der Waals surface area contributed by atoms with Gasteiger partial charge in [-0.2, -0.15) is 17.6 Å². The summed E-state index contributed by atoms with van der Waals surface area (Å²) in [6.45, 7) is 1.78. The number of ether oxygens (including phenoxy) is 1. The highest BCUT2D eigenvalue weighted by atomic mass is 35.5. The highest BCUT2D eigenvalue weighted by Crippen LogP contribution is 2.54. The molecule has 0 aromatic carbocycles. The Kier molecular flexibility index (Phi) is 3.96. The topological polar surface area (TPSA) is 52.8 Å². The highest BCUT2D eigenvalue weighted by Gasteiger charge is 2.72. The highest BCUT2D eigenvalue weighted by molar-refractivity contribution is 6.33. The molecule has 23 heavy (non-hydrogen) atoms. The van der Waals surface area contributed by atoms with Gasteiger partial charge in [0.15, 0.2) is 10.8 Å². The molecule has 0 amide bonds. The molecule has 5 nitrogen and oxygen atoms in total. The summed E-state index contributed by atoms with van der Waals surface area (Å²) in [6, 6.07) is 0. The van der Waals surface area contributed by atoms with Gasteiger partial charge in [0, 0.05) is 0 Å². The Morgan fingerprint density at radius 1 is 1.22 bits per heavy atom. The summed E-state index contributed by atoms with van der Waals surface area (Å²) in [6.07, 6.45) is -1.25. The van der Waals surface area contributed by atoms with Crippen LogP contribution in [0.4, 0.5) is 17.6 Å². The zero-order valence-electron chi connectivity index (χ0n) is 12.0. The Labute approximate surface area is 133 Å². The number of hydrogen-bond donors (Lipinski definition) is 0. The third-order valence-electron chi connectivity index (χ3n) is 3.84. The van der Waals surface area contributed by atoms with Gasteiger partial charge in [-0.25, -0.2) is 15.0 Å². The van der Waals surface area contributed by atoms with E-state index >= 15 is 0 Å². The number of halogens is 5. The molecule has 3 heterocycles. The SMILES string of the molecule is CCCC[C@H]1O[C@@H](n2cnc3c(Cl)ncnc32)C(F)(F)C1(F)F. The summed E-state index contributed by atoms with van der Waals surface area (Å²) in [4.78, 5) is 11.3. The smallest absolute Gasteiger partial charge is 0.342 e. The van der Waals surface area contributed by atoms with E-state index < -0.39 is 24.2 Å². The molecule has 0 radical (unpaired) electrons. The Balaban J connectivity index is 2.03. The normalized spacial score (nSPS) is 26.0. The minimum absolute atomic E-state index is 0.0499. The number of nitrogens with zero attached hydrogens (tertiary/aromatic N) is 4. The molecule has 2 atom stereocenters. The first-order chi connectivity index (χ1) is 10.8. The van der Waals surface area contributed by atoms with Crippen LogP contribution >= 0.6 is 11.6 Å². The van der Waals surface area contributed by atoms with Crippen LogP contribution in [0.25, 0.3) is 11.2 Å². The molecule has 2 aromatic heterocycles. The monoisotopic (exact) mass is 352 g/mol. The lowest BCUT2D eigenvalue weighted by molar-refractivity contribution is -0.207. The minimum atomic E-state index is -4.39. The molecule has 0 bridgehead atoms. The molecule has 0 spiro atoms. The number of aromatic nitrogens is 4. The van der Waals surface area contributed by atoms with Crippen molar-refractivity contribution in [3.8, 4) is 0 Å². The molecule has 0 saturated carbocycles. The van der Waals surface area contributed by atoms with Gasteiger partial charge in [-0.05, 0) is 6.42 Å². The number of unbranched alkanes of at least 4 members (excludes halogenated alkanes) is 1. The van der Waals surface area contributed by atoms with Crippen molar-refractivity contribution in [1.29, 1.82) is 0 Å². The summed E-state index contributed by atoms with van der Waals surface area (Å²) in [5.74, 6) is -8.67. The van der Waals surface area contributed by atoms with Crippen LogP contribution in [0, 0.1) is 0 Å². The number of hydrogen-bond acceptors (Lipinski definition) is 4. The van der Waals surface area contributed by atoms with Crippen LogP contribution in [-0.4, -0.2) is 37.5 Å². The van der Waals surface area contributed by atoms with Crippen molar-refractivity contribution in [3.63, 3.8) is 0 Å². The molecule has 0 unspecified atom stereocenters. The fraction of sp³-hybridized carbons (Fsp3) is 0.615. The Morgan fingerprint density at radius 2 is 1.96 bits per heavy atom. The van der Waals surface area contributed by atoms with Gasteiger partial charge in [0.2, 0.25) is 6.23 Å². The third kappa shape index (κ3) is 2.37. The van der Waals surface area contributed by atoms with Crippen LogP contribution in [0.2, 0.25) is 5.15 Å². The average molecular weight is 353 g/mol. The predicted molar refractivity (Wildman–Crippen MR) is 73.7 cm³/mol. The number of alkyl halides is 4. The zero-order valence-corrected chi connectivity index (χ0v) is 12.8. The van der Waals surface area contributed by atoms with E-state index in [0.717, 1.165) is 17.2 Å². The Bertz CT molecular complexity index is 723. The molecule has 1 fully saturated rings. The fourth-order valence-corrected chi connectivity index (χ4v) is 2.76. The maximum atomic E-state index is 14.3. The lowest BCUT2D eigenvalue weighted by Crippen LogP contribution is -2.45. The molecule has 1 saturated heterocycles. The van der Waals surface area contributed by atoms with E-state index in [1.807, 2.05) is 0 Å². The molecular formula is C13H13ClF4N4O. The van der Waals surface area contributed by atoms with Crippen molar-refractivity contribution in [2.75, 3.05) is 0 Å². The van der Waals surface area contributed by atoms with Crippen molar-refractivity contribution in [2.24, 2.45) is 0 Å². The van der Waals surface area contributed by atoms with Crippen LogP contribution in [-0.2, 0) is 4.74 Å². The predicted octanol–water partition coefficient (Wildman–Crippen LogP) is 3.84. The molecule has 0 N–H and O–H groups in total. The first-order valence-corrected chi connectivity index (χ1v) is 7.42. The molecule has 10 heteroatoms. The van der Waals surface area contributed by atoms with Gasteiger partial charge >= 0.3 is 11.8 Å². The van der Waals surface area contributed by atoms with Gasteiger partial charge in [-0.1, -0.05) is 31.4 Å². The average Bonchev–Trinajstić information content (AvgIpc) is 2.98. The second-order valence-corrected chi connectivity index (χ2v) is 5.71. The molecular weight excluding hydrogens is 340 g/mol. The van der Waals surface area contributed by atoms with Gasteiger partial charge in [-0.15, -0.1) is 0 Å². The van der Waals surface area contributed by atoms with E-state index in [1.165, 1.54) is 0 Å². The van der Waals surface area contributed by atoms with E-state index in [9.17, 15) is 17.6 Å². The van der Waals surface area contributed by atoms with Gasteiger partial charge in [0.05, 0.1) is 6.33 Å². The Morgan fingerprint density at radius 3 is 2.65 bits per heavy atom. The number of fused-ring (bicyclic) bond motifs is 1. The van der Waals surface area contributed by atoms with E-state index in [1.54, 1.807) is 6.92 Å². The lowest BCUT2D eigenvalue weighted by Gasteiger charge is -2.23. The van der Waals surface area contributed by atoms with Crippen molar-refractivity contribution < 1.29 is 22.3 Å². The van der Waals surface area contributed by atoms with Crippen molar-refractivity contribution in [2.45, 2.75) is 50.4 Å². The molecule has 126 valence electrons. The van der Waals surface area contributed by atoms with Crippen molar-refractivity contribution >= 4 is 22.8 Å². The quantitative estimate of drug-likeness (QED) is 0.619. The zero-order chi connectivity index (χ0) is 16.8. The van der Waals surface area contributed by atoms with Gasteiger partial charge in [0.1, 0.15) is 17.9 Å². The van der Waals surface area contributed by atoms with E-state index in [4.69, 9.17) is 16.3 Å². The van der Waals surface area contributed by atoms with E-state index in [2.05, 4.69) is 15.0 Å². The van der Waals surface area contributed by atoms with Crippen molar-refractivity contribution in [3.05, 3.63) is 17.8 Å². The standard InChI is InChI=1S/C13H13ClF4N4O/c1-2-3-4-7-12(15,16)13(17,18)11(23-7)22-6-21-8-9(14)19-5-20-10(8)22/h5-7,11H,2-4H2,1H3/t7-,11-/m1/s1. The Hall–Kier alpha value is -1.48. The molecule has 3 rings (SSSR count). The van der Waals surface area contributed by atoms with E-state index in [-0.39, 0.29) is 22.7 Å². The van der Waals surface area contributed by atoms with Crippen LogP contribution in [0.1, 0.15) is 32.4 Å². The molecule has 1 aliphatic heterocycles. The van der Waals surface area contributed by atoms with Gasteiger partial charge in [0.25, 0.3) is 0 Å². The summed E-state index contributed by atoms with van der Waals surface area (Å²) < 4.78 is 62.4. The first kappa shape index (κ1) is 16.4. The minimum Gasteiger partial charge on any atom is -0.342 e. The maximum Gasteiger partial charge on any atom is 0.356 e. The third-order valence-corrected chi connectivity index (χ3v) is 4.12. The van der Waals surface area contributed by atoms with Crippen LogP contribution < -0.4 is 0 Å².